The summed E-state index contributed by atoms with van der Waals surface area (Å²) in [5.41, 5.74) is 1.42. The molecular weight excluding hydrogens is 178 g/mol. The first-order chi connectivity index (χ1) is 6.09. The van der Waals surface area contributed by atoms with Crippen LogP contribution in [-0.4, -0.2) is 19.0 Å². The summed E-state index contributed by atoms with van der Waals surface area (Å²) in [6.07, 6.45) is 5.35. The van der Waals surface area contributed by atoms with Crippen LogP contribution in [0.4, 0.5) is 0 Å². The van der Waals surface area contributed by atoms with Crippen LogP contribution in [-0.2, 0) is 6.42 Å². The third-order valence-electron chi connectivity index (χ3n) is 1.94. The van der Waals surface area contributed by atoms with Crippen molar-refractivity contribution in [1.82, 2.24) is 4.90 Å². The minimum atomic E-state index is 1.05. The van der Waals surface area contributed by atoms with Gasteiger partial charge in [0.15, 0.2) is 0 Å². The molecule has 0 aliphatic heterocycles. The number of nitrogens with zero attached hydrogens (tertiary/aromatic N) is 1. The van der Waals surface area contributed by atoms with Gasteiger partial charge in [0.1, 0.15) is 0 Å². The van der Waals surface area contributed by atoms with Crippen molar-refractivity contribution in [3.8, 4) is 0 Å². The van der Waals surface area contributed by atoms with E-state index in [1.807, 2.05) is 25.4 Å². The van der Waals surface area contributed by atoms with Crippen LogP contribution in [0.2, 0.25) is 0 Å². The van der Waals surface area contributed by atoms with E-state index in [1.54, 1.807) is 0 Å². The van der Waals surface area contributed by atoms with Gasteiger partial charge < -0.3 is 4.90 Å². The first-order valence-corrected chi connectivity index (χ1v) is 5.30. The molecule has 0 aliphatic carbocycles. The summed E-state index contributed by atoms with van der Waals surface area (Å²) >= 11 is 1.90. The number of rotatable bonds is 3. The Kier molecular flexibility index (Phi) is 3.55. The summed E-state index contributed by atoms with van der Waals surface area (Å²) in [4.78, 5) is 4.95. The first kappa shape index (κ1) is 10.3. The van der Waals surface area contributed by atoms with E-state index in [0.29, 0.717) is 0 Å². The van der Waals surface area contributed by atoms with E-state index in [-0.39, 0.29) is 0 Å². The van der Waals surface area contributed by atoms with E-state index in [1.165, 1.54) is 15.3 Å². The Morgan fingerprint density at radius 2 is 2.08 bits per heavy atom. The van der Waals surface area contributed by atoms with Crippen LogP contribution in [0.15, 0.2) is 18.3 Å². The first-order valence-electron chi connectivity index (χ1n) is 4.48. The predicted molar refractivity (Wildman–Crippen MR) is 60.3 cm³/mol. The second kappa shape index (κ2) is 4.47. The summed E-state index contributed by atoms with van der Waals surface area (Å²) in [5, 5.41) is 0. The Hall–Kier alpha value is -0.760. The van der Waals surface area contributed by atoms with E-state index in [4.69, 9.17) is 0 Å². The molecule has 0 fully saturated rings. The van der Waals surface area contributed by atoms with Crippen LogP contribution in [0.1, 0.15) is 15.3 Å². The molecule has 2 heteroatoms. The van der Waals surface area contributed by atoms with E-state index in [0.717, 1.165) is 6.42 Å². The average molecular weight is 195 g/mol. The van der Waals surface area contributed by atoms with Gasteiger partial charge in [-0.15, -0.1) is 11.3 Å². The number of thiophene rings is 1. The molecule has 1 nitrogen and oxygen atoms in total. The van der Waals surface area contributed by atoms with Crippen LogP contribution >= 0.6 is 11.3 Å². The molecule has 0 saturated carbocycles. The normalized spacial score (nSPS) is 11.1. The van der Waals surface area contributed by atoms with Gasteiger partial charge in [0.2, 0.25) is 0 Å². The fourth-order valence-electron chi connectivity index (χ4n) is 1.13. The standard InChI is InChI=1S/C11H17NS/c1-9-8-11(13-10(9)2)6-5-7-12(3)4/h5,7-8H,6H2,1-4H3/b7-5+. The maximum Gasteiger partial charge on any atom is 0.00891 e. The highest BCUT2D eigenvalue weighted by Crippen LogP contribution is 2.21. The highest BCUT2D eigenvalue weighted by molar-refractivity contribution is 7.12. The lowest BCUT2D eigenvalue weighted by Crippen LogP contribution is -1.99. The lowest BCUT2D eigenvalue weighted by molar-refractivity contribution is 0.562. The summed E-state index contributed by atoms with van der Waals surface area (Å²) in [7, 11) is 4.09. The van der Waals surface area contributed by atoms with Gasteiger partial charge in [0.05, 0.1) is 0 Å². The van der Waals surface area contributed by atoms with E-state index < -0.39 is 0 Å². The zero-order valence-corrected chi connectivity index (χ0v) is 9.61. The highest BCUT2D eigenvalue weighted by Gasteiger charge is 1.98. The highest BCUT2D eigenvalue weighted by atomic mass is 32.1. The second-order valence-electron chi connectivity index (χ2n) is 3.50. The van der Waals surface area contributed by atoms with Crippen molar-refractivity contribution in [2.75, 3.05) is 14.1 Å². The van der Waals surface area contributed by atoms with Crippen molar-refractivity contribution >= 4 is 11.3 Å². The van der Waals surface area contributed by atoms with Crippen molar-refractivity contribution in [2.45, 2.75) is 20.3 Å². The number of hydrogen-bond acceptors (Lipinski definition) is 2. The summed E-state index contributed by atoms with van der Waals surface area (Å²) in [6.45, 7) is 4.35. The predicted octanol–water partition coefficient (Wildman–Crippen LogP) is 2.98. The summed E-state index contributed by atoms with van der Waals surface area (Å²) < 4.78 is 0. The molecular formula is C11H17NS. The van der Waals surface area contributed by atoms with Crippen LogP contribution in [0.25, 0.3) is 0 Å². The molecule has 1 heterocycles. The van der Waals surface area contributed by atoms with Gasteiger partial charge in [0, 0.05) is 30.3 Å². The van der Waals surface area contributed by atoms with Gasteiger partial charge in [-0.1, -0.05) is 6.08 Å². The zero-order chi connectivity index (χ0) is 9.84. The maximum absolute atomic E-state index is 2.28. The van der Waals surface area contributed by atoms with E-state index in [9.17, 15) is 0 Å². The molecule has 0 radical (unpaired) electrons. The number of allylic oxidation sites excluding steroid dienone is 1. The van der Waals surface area contributed by atoms with Crippen molar-refractivity contribution in [2.24, 2.45) is 0 Å². The maximum atomic E-state index is 2.28. The molecule has 0 saturated heterocycles. The summed E-state index contributed by atoms with van der Waals surface area (Å²) in [5.74, 6) is 0. The largest absolute Gasteiger partial charge is 0.384 e. The van der Waals surface area contributed by atoms with Crippen LogP contribution in [0, 0.1) is 13.8 Å². The van der Waals surface area contributed by atoms with Crippen molar-refractivity contribution in [3.63, 3.8) is 0 Å². The minimum absolute atomic E-state index is 1.05. The molecule has 0 bridgehead atoms. The molecule has 1 aromatic heterocycles. The molecule has 72 valence electrons. The Morgan fingerprint density at radius 1 is 1.38 bits per heavy atom. The van der Waals surface area contributed by atoms with E-state index in [2.05, 4.69) is 37.1 Å². The molecule has 0 N–H and O–H groups in total. The average Bonchev–Trinajstić information content (AvgIpc) is 2.30. The fourth-order valence-corrected chi connectivity index (χ4v) is 2.16. The number of hydrogen-bond donors (Lipinski definition) is 0. The summed E-state index contributed by atoms with van der Waals surface area (Å²) in [6, 6.07) is 2.28. The van der Waals surface area contributed by atoms with Crippen LogP contribution < -0.4 is 0 Å². The second-order valence-corrected chi connectivity index (χ2v) is 4.85. The van der Waals surface area contributed by atoms with E-state index >= 15 is 0 Å². The van der Waals surface area contributed by atoms with Gasteiger partial charge in [0.25, 0.3) is 0 Å². The molecule has 0 amide bonds. The topological polar surface area (TPSA) is 3.24 Å². The van der Waals surface area contributed by atoms with Gasteiger partial charge in [-0.3, -0.25) is 0 Å². The van der Waals surface area contributed by atoms with Crippen molar-refractivity contribution < 1.29 is 0 Å². The molecule has 1 rings (SSSR count). The molecule has 0 aliphatic rings. The number of aryl methyl sites for hydroxylation is 2. The molecule has 0 atom stereocenters. The molecule has 0 spiro atoms. The third kappa shape index (κ3) is 3.23. The molecule has 1 aromatic rings. The Labute approximate surface area is 84.7 Å². The quantitative estimate of drug-likeness (QED) is 0.716. The minimum Gasteiger partial charge on any atom is -0.384 e. The fraction of sp³-hybridized carbons (Fsp3) is 0.455. The molecule has 0 unspecified atom stereocenters. The van der Waals surface area contributed by atoms with Gasteiger partial charge >= 0.3 is 0 Å². The Morgan fingerprint density at radius 3 is 2.54 bits per heavy atom. The van der Waals surface area contributed by atoms with Crippen molar-refractivity contribution in [1.29, 1.82) is 0 Å². The van der Waals surface area contributed by atoms with Gasteiger partial charge in [-0.25, -0.2) is 0 Å². The molecule has 0 aromatic carbocycles. The van der Waals surface area contributed by atoms with Crippen molar-refractivity contribution in [3.05, 3.63) is 33.7 Å². The monoisotopic (exact) mass is 195 g/mol. The van der Waals surface area contributed by atoms with Gasteiger partial charge in [-0.05, 0) is 31.7 Å². The Bertz CT molecular complexity index is 278. The zero-order valence-electron chi connectivity index (χ0n) is 8.79. The SMILES string of the molecule is Cc1cc(C/C=C/N(C)C)sc1C. The van der Waals surface area contributed by atoms with Crippen LogP contribution in [0.3, 0.4) is 0 Å². The van der Waals surface area contributed by atoms with Crippen LogP contribution in [0.5, 0.6) is 0 Å². The lowest BCUT2D eigenvalue weighted by Gasteiger charge is -2.01. The lowest BCUT2D eigenvalue weighted by atomic mass is 10.2. The van der Waals surface area contributed by atoms with Gasteiger partial charge in [-0.2, -0.15) is 0 Å². The molecule has 13 heavy (non-hydrogen) atoms. The Balaban J connectivity index is 2.55. The third-order valence-corrected chi connectivity index (χ3v) is 3.11. The smallest absolute Gasteiger partial charge is 0.00891 e.